The van der Waals surface area contributed by atoms with Crippen LogP contribution in [0.3, 0.4) is 0 Å². The quantitative estimate of drug-likeness (QED) is 0.302. The van der Waals surface area contributed by atoms with Crippen LogP contribution in [0.1, 0.15) is 79.1 Å². The smallest absolute Gasteiger partial charge is 0.0863 e. The molecule has 4 rings (SSSR count). The first-order valence-corrected chi connectivity index (χ1v) is 13.6. The molecule has 14 atom stereocenters. The van der Waals surface area contributed by atoms with E-state index in [0.29, 0.717) is 25.2 Å². The van der Waals surface area contributed by atoms with E-state index in [0.717, 1.165) is 25.7 Å². The second-order valence-corrected chi connectivity index (χ2v) is 13.1. The summed E-state index contributed by atoms with van der Waals surface area (Å²) in [5, 5.41) is 76.5. The Hall–Kier alpha value is -0.280. The summed E-state index contributed by atoms with van der Waals surface area (Å²) >= 11 is 0. The highest BCUT2D eigenvalue weighted by Gasteiger charge is 2.73. The summed E-state index contributed by atoms with van der Waals surface area (Å²) in [7, 11) is 0. The van der Waals surface area contributed by atoms with Crippen molar-refractivity contribution in [2.45, 2.75) is 115 Å². The Labute approximate surface area is 204 Å². The first-order chi connectivity index (χ1) is 15.8. The Bertz CT molecular complexity index is 734. The molecule has 4 saturated carbocycles. The van der Waals surface area contributed by atoms with E-state index in [2.05, 4.69) is 20.8 Å². The third-order valence-corrected chi connectivity index (χ3v) is 11.2. The predicted octanol–water partition coefficient (Wildman–Crippen LogP) is 1.44. The topological polar surface area (TPSA) is 142 Å². The minimum Gasteiger partial charge on any atom is -0.396 e. The SMILES string of the molecule is CC(CCO)CCC(C)C1C(O)C(O)C2C1(C)CCC1C3(C)CCC(O)C(O)C3C(O)CC12O. The molecule has 4 aliphatic rings. The molecule has 34 heavy (non-hydrogen) atoms. The maximum absolute atomic E-state index is 12.3. The van der Waals surface area contributed by atoms with E-state index in [1.54, 1.807) is 0 Å². The molecule has 7 N–H and O–H groups in total. The third kappa shape index (κ3) is 3.80. The van der Waals surface area contributed by atoms with Gasteiger partial charge in [0.05, 0.1) is 36.1 Å². The summed E-state index contributed by atoms with van der Waals surface area (Å²) in [6, 6.07) is 0. The number of hydrogen-bond acceptors (Lipinski definition) is 7. The monoisotopic (exact) mass is 484 g/mol. The van der Waals surface area contributed by atoms with Gasteiger partial charge in [-0.3, -0.25) is 0 Å². The highest BCUT2D eigenvalue weighted by atomic mass is 16.3. The van der Waals surface area contributed by atoms with Gasteiger partial charge in [0.15, 0.2) is 0 Å². The molecule has 0 saturated heterocycles. The van der Waals surface area contributed by atoms with Crippen molar-refractivity contribution in [1.29, 1.82) is 0 Å². The van der Waals surface area contributed by atoms with Gasteiger partial charge in [0.25, 0.3) is 0 Å². The van der Waals surface area contributed by atoms with Crippen molar-refractivity contribution in [1.82, 2.24) is 0 Å². The Morgan fingerprint density at radius 2 is 1.44 bits per heavy atom. The summed E-state index contributed by atoms with van der Waals surface area (Å²) in [5.74, 6) is -0.943. The van der Waals surface area contributed by atoms with Crippen molar-refractivity contribution in [3.05, 3.63) is 0 Å². The minimum absolute atomic E-state index is 0.0420. The van der Waals surface area contributed by atoms with Crippen molar-refractivity contribution >= 4 is 0 Å². The van der Waals surface area contributed by atoms with Gasteiger partial charge < -0.3 is 35.7 Å². The van der Waals surface area contributed by atoms with E-state index in [-0.39, 0.29) is 30.8 Å². The van der Waals surface area contributed by atoms with Crippen LogP contribution >= 0.6 is 0 Å². The van der Waals surface area contributed by atoms with Crippen LogP contribution in [-0.2, 0) is 0 Å². The highest BCUT2D eigenvalue weighted by Crippen LogP contribution is 2.69. The zero-order valence-electron chi connectivity index (χ0n) is 21.3. The summed E-state index contributed by atoms with van der Waals surface area (Å²) in [5.41, 5.74) is -2.38. The lowest BCUT2D eigenvalue weighted by Crippen LogP contribution is -2.71. The molecular formula is C27H48O7. The van der Waals surface area contributed by atoms with Crippen LogP contribution in [0, 0.1) is 46.3 Å². The van der Waals surface area contributed by atoms with Crippen LogP contribution in [0.15, 0.2) is 0 Å². The van der Waals surface area contributed by atoms with Gasteiger partial charge in [-0.25, -0.2) is 0 Å². The van der Waals surface area contributed by atoms with Crippen LogP contribution < -0.4 is 0 Å². The average molecular weight is 485 g/mol. The molecule has 7 nitrogen and oxygen atoms in total. The maximum atomic E-state index is 12.3. The Kier molecular flexibility index (Phi) is 7.27. The molecule has 0 spiro atoms. The minimum atomic E-state index is -1.35. The van der Waals surface area contributed by atoms with Gasteiger partial charge in [0.2, 0.25) is 0 Å². The van der Waals surface area contributed by atoms with E-state index < -0.39 is 58.8 Å². The molecule has 0 aromatic carbocycles. The van der Waals surface area contributed by atoms with Crippen LogP contribution in [0.2, 0.25) is 0 Å². The molecule has 198 valence electrons. The Morgan fingerprint density at radius 1 is 0.794 bits per heavy atom. The molecule has 7 heteroatoms. The van der Waals surface area contributed by atoms with Crippen molar-refractivity contribution < 1.29 is 35.7 Å². The van der Waals surface area contributed by atoms with E-state index >= 15 is 0 Å². The normalized spacial score (nSPS) is 54.6. The molecular weight excluding hydrogens is 436 g/mol. The van der Waals surface area contributed by atoms with Crippen LogP contribution in [0.5, 0.6) is 0 Å². The number of fused-ring (bicyclic) bond motifs is 5. The van der Waals surface area contributed by atoms with Gasteiger partial charge in [0, 0.05) is 24.9 Å². The second kappa shape index (κ2) is 9.23. The van der Waals surface area contributed by atoms with Gasteiger partial charge >= 0.3 is 0 Å². The van der Waals surface area contributed by atoms with E-state index in [1.807, 2.05) is 6.92 Å². The zero-order chi connectivity index (χ0) is 25.2. The van der Waals surface area contributed by atoms with Gasteiger partial charge in [-0.2, -0.15) is 0 Å². The summed E-state index contributed by atoms with van der Waals surface area (Å²) < 4.78 is 0. The summed E-state index contributed by atoms with van der Waals surface area (Å²) in [6.07, 6.45) is 0.197. The van der Waals surface area contributed by atoms with Crippen LogP contribution in [-0.4, -0.2) is 78.5 Å². The molecule has 0 aliphatic heterocycles. The van der Waals surface area contributed by atoms with Crippen LogP contribution in [0.4, 0.5) is 0 Å². The lowest BCUT2D eigenvalue weighted by molar-refractivity contribution is -0.280. The third-order valence-electron chi connectivity index (χ3n) is 11.2. The molecule has 0 radical (unpaired) electrons. The fourth-order valence-electron chi connectivity index (χ4n) is 9.72. The van der Waals surface area contributed by atoms with Crippen molar-refractivity contribution in [2.75, 3.05) is 6.61 Å². The molecule has 14 unspecified atom stereocenters. The molecule has 0 aromatic rings. The van der Waals surface area contributed by atoms with Crippen LogP contribution in [0.25, 0.3) is 0 Å². The summed E-state index contributed by atoms with van der Waals surface area (Å²) in [6.45, 7) is 8.54. The van der Waals surface area contributed by atoms with E-state index in [9.17, 15) is 35.7 Å². The predicted molar refractivity (Wildman–Crippen MR) is 128 cm³/mol. The number of aliphatic hydroxyl groups is 7. The number of hydrogen-bond donors (Lipinski definition) is 7. The van der Waals surface area contributed by atoms with E-state index in [4.69, 9.17) is 0 Å². The van der Waals surface area contributed by atoms with Gasteiger partial charge in [0.1, 0.15) is 0 Å². The van der Waals surface area contributed by atoms with Gasteiger partial charge in [-0.15, -0.1) is 0 Å². The molecule has 4 fully saturated rings. The van der Waals surface area contributed by atoms with E-state index in [1.165, 1.54) is 0 Å². The second-order valence-electron chi connectivity index (χ2n) is 13.1. The standard InChI is InChI=1S/C27H48O7/c1-14(9-12-28)5-6-15(2)19-22(32)23(33)24-26(19,4)11-8-18-25(3)10-7-16(29)21(31)20(25)17(30)13-27(18,24)34/h14-24,28-34H,5-13H2,1-4H3. The molecule has 0 heterocycles. The van der Waals surface area contributed by atoms with Gasteiger partial charge in [-0.05, 0) is 66.6 Å². The molecule has 0 amide bonds. The average Bonchev–Trinajstić information content (AvgIpc) is 2.95. The van der Waals surface area contributed by atoms with Crippen molar-refractivity contribution in [2.24, 2.45) is 46.3 Å². The highest BCUT2D eigenvalue weighted by molar-refractivity contribution is 5.22. The number of aliphatic hydroxyl groups excluding tert-OH is 6. The molecule has 0 bridgehead atoms. The molecule has 0 aromatic heterocycles. The van der Waals surface area contributed by atoms with Crippen molar-refractivity contribution in [3.8, 4) is 0 Å². The fourth-order valence-corrected chi connectivity index (χ4v) is 9.72. The largest absolute Gasteiger partial charge is 0.396 e. The summed E-state index contributed by atoms with van der Waals surface area (Å²) in [4.78, 5) is 0. The lowest BCUT2D eigenvalue weighted by Gasteiger charge is -2.66. The lowest BCUT2D eigenvalue weighted by atomic mass is 9.41. The van der Waals surface area contributed by atoms with Gasteiger partial charge in [-0.1, -0.05) is 40.5 Å². The first-order valence-electron chi connectivity index (χ1n) is 13.6. The van der Waals surface area contributed by atoms with Crippen molar-refractivity contribution in [3.63, 3.8) is 0 Å². The first kappa shape index (κ1) is 26.8. The molecule has 4 aliphatic carbocycles. The maximum Gasteiger partial charge on any atom is 0.0863 e. The Balaban J connectivity index is 1.64. The fraction of sp³-hybridized carbons (Fsp3) is 1.00. The Morgan fingerprint density at radius 3 is 2.09 bits per heavy atom. The number of rotatable bonds is 6. The zero-order valence-corrected chi connectivity index (χ0v) is 21.3.